The molecule has 1 aliphatic heterocycles. The van der Waals surface area contributed by atoms with Gasteiger partial charge in [0.05, 0.1) is 17.8 Å². The summed E-state index contributed by atoms with van der Waals surface area (Å²) in [5.41, 5.74) is 5.16. The van der Waals surface area contributed by atoms with Crippen LogP contribution in [-0.4, -0.2) is 26.8 Å². The van der Waals surface area contributed by atoms with Crippen LogP contribution in [0.25, 0.3) is 11.1 Å². The fourth-order valence-corrected chi connectivity index (χ4v) is 4.45. The first kappa shape index (κ1) is 23.1. The molecule has 1 aliphatic rings. The van der Waals surface area contributed by atoms with Gasteiger partial charge in [-0.15, -0.1) is 0 Å². The summed E-state index contributed by atoms with van der Waals surface area (Å²) in [6, 6.07) is 25.9. The molecule has 2 aromatic carbocycles. The maximum atomic E-state index is 13.6. The van der Waals surface area contributed by atoms with Gasteiger partial charge in [0, 0.05) is 36.0 Å². The Morgan fingerprint density at radius 3 is 2.47 bits per heavy atom. The van der Waals surface area contributed by atoms with Crippen LogP contribution in [-0.2, 0) is 6.54 Å². The van der Waals surface area contributed by atoms with Crippen LogP contribution in [0.1, 0.15) is 26.3 Å². The summed E-state index contributed by atoms with van der Waals surface area (Å²) in [7, 11) is 0. The Kier molecular flexibility index (Phi) is 6.03. The van der Waals surface area contributed by atoms with Crippen molar-refractivity contribution in [2.24, 2.45) is 0 Å². The molecule has 184 valence electrons. The quantitative estimate of drug-likeness (QED) is 0.330. The standard InChI is InChI=1S/C30H22N6O2/c37-29(24-8-3-2-7-23(24)20-13-16-31-17-14-20)35-27-12-11-21(18-33-27)30(38)36-19-22-6-1-4-9-25(22)34-28-26(36)10-5-15-32-28/h1-18H,19H2,(H,32,34)(H,33,35,37). The highest BCUT2D eigenvalue weighted by atomic mass is 16.2. The minimum Gasteiger partial charge on any atom is -0.338 e. The number of pyridine rings is 3. The molecule has 3 aromatic heterocycles. The number of anilines is 4. The van der Waals surface area contributed by atoms with Gasteiger partial charge in [-0.05, 0) is 65.2 Å². The molecule has 8 nitrogen and oxygen atoms in total. The van der Waals surface area contributed by atoms with Gasteiger partial charge in [0.25, 0.3) is 11.8 Å². The molecule has 0 fully saturated rings. The molecular formula is C30H22N6O2. The predicted molar refractivity (Wildman–Crippen MR) is 146 cm³/mol. The van der Waals surface area contributed by atoms with Crippen molar-refractivity contribution in [2.75, 3.05) is 15.5 Å². The highest BCUT2D eigenvalue weighted by Gasteiger charge is 2.26. The number of nitrogens with one attached hydrogen (secondary N) is 2. The van der Waals surface area contributed by atoms with Crippen LogP contribution in [0, 0.1) is 0 Å². The molecule has 2 N–H and O–H groups in total. The first-order valence-electron chi connectivity index (χ1n) is 12.1. The topological polar surface area (TPSA) is 100 Å². The van der Waals surface area contributed by atoms with E-state index in [0.29, 0.717) is 35.0 Å². The van der Waals surface area contributed by atoms with E-state index < -0.39 is 0 Å². The van der Waals surface area contributed by atoms with Crippen LogP contribution in [0.15, 0.2) is 110 Å². The van der Waals surface area contributed by atoms with Crippen molar-refractivity contribution in [3.63, 3.8) is 0 Å². The smallest absolute Gasteiger partial charge is 0.260 e. The van der Waals surface area contributed by atoms with Crippen molar-refractivity contribution in [1.82, 2.24) is 15.0 Å². The minimum atomic E-state index is -0.292. The monoisotopic (exact) mass is 498 g/mol. The second-order valence-electron chi connectivity index (χ2n) is 8.71. The third-order valence-electron chi connectivity index (χ3n) is 6.34. The second-order valence-corrected chi connectivity index (χ2v) is 8.71. The maximum Gasteiger partial charge on any atom is 0.260 e. The van der Waals surface area contributed by atoms with Gasteiger partial charge in [-0.2, -0.15) is 0 Å². The Morgan fingerprint density at radius 2 is 1.63 bits per heavy atom. The van der Waals surface area contributed by atoms with E-state index in [9.17, 15) is 9.59 Å². The lowest BCUT2D eigenvalue weighted by Crippen LogP contribution is -2.30. The maximum absolute atomic E-state index is 13.6. The Labute approximate surface area is 219 Å². The molecule has 0 aliphatic carbocycles. The van der Waals surface area contributed by atoms with Gasteiger partial charge in [0.2, 0.25) is 0 Å². The van der Waals surface area contributed by atoms with Crippen LogP contribution >= 0.6 is 0 Å². The number of aromatic nitrogens is 3. The predicted octanol–water partition coefficient (Wildman–Crippen LogP) is 5.69. The number of carbonyl (C=O) groups is 2. The molecule has 38 heavy (non-hydrogen) atoms. The number of para-hydroxylation sites is 1. The lowest BCUT2D eigenvalue weighted by molar-refractivity contribution is 0.0984. The molecule has 0 spiro atoms. The number of carbonyl (C=O) groups excluding carboxylic acids is 2. The number of hydrogen-bond donors (Lipinski definition) is 2. The van der Waals surface area contributed by atoms with Crippen molar-refractivity contribution in [1.29, 1.82) is 0 Å². The van der Waals surface area contributed by atoms with E-state index in [1.165, 1.54) is 6.20 Å². The molecule has 0 atom stereocenters. The normalized spacial score (nSPS) is 11.9. The number of amides is 2. The fraction of sp³-hybridized carbons (Fsp3) is 0.0333. The third-order valence-corrected chi connectivity index (χ3v) is 6.34. The molecule has 5 aromatic rings. The van der Waals surface area contributed by atoms with Crippen molar-refractivity contribution >= 4 is 34.8 Å². The molecule has 0 unspecified atom stereocenters. The summed E-state index contributed by atoms with van der Waals surface area (Å²) in [4.78, 5) is 41.3. The lowest BCUT2D eigenvalue weighted by Gasteiger charge is -2.22. The van der Waals surface area contributed by atoms with Gasteiger partial charge in [0.15, 0.2) is 5.82 Å². The zero-order valence-corrected chi connectivity index (χ0v) is 20.2. The van der Waals surface area contributed by atoms with E-state index in [0.717, 1.165) is 22.4 Å². The Morgan fingerprint density at radius 1 is 0.816 bits per heavy atom. The highest BCUT2D eigenvalue weighted by Crippen LogP contribution is 2.34. The summed E-state index contributed by atoms with van der Waals surface area (Å²) >= 11 is 0. The van der Waals surface area contributed by atoms with Crippen molar-refractivity contribution in [2.45, 2.75) is 6.54 Å². The van der Waals surface area contributed by atoms with Crippen molar-refractivity contribution < 1.29 is 9.59 Å². The zero-order chi connectivity index (χ0) is 25.9. The Bertz CT molecular complexity index is 1640. The minimum absolute atomic E-state index is 0.217. The van der Waals surface area contributed by atoms with Crippen LogP contribution in [0.3, 0.4) is 0 Å². The average molecular weight is 499 g/mol. The summed E-state index contributed by atoms with van der Waals surface area (Å²) in [5.74, 6) is 0.446. The molecule has 0 bridgehead atoms. The van der Waals surface area contributed by atoms with Gasteiger partial charge < -0.3 is 15.5 Å². The fourth-order valence-electron chi connectivity index (χ4n) is 4.45. The third kappa shape index (κ3) is 4.46. The molecule has 0 saturated heterocycles. The van der Waals surface area contributed by atoms with Gasteiger partial charge >= 0.3 is 0 Å². The molecule has 6 rings (SSSR count). The molecule has 4 heterocycles. The molecule has 0 radical (unpaired) electrons. The SMILES string of the molecule is O=C(Nc1ccc(C(=O)N2Cc3ccccc3Nc3ncccc32)cn1)c1ccccc1-c1ccncc1. The summed E-state index contributed by atoms with van der Waals surface area (Å²) in [6.45, 7) is 0.380. The molecule has 8 heteroatoms. The molecule has 2 amide bonds. The van der Waals surface area contributed by atoms with E-state index >= 15 is 0 Å². The number of hydrogen-bond acceptors (Lipinski definition) is 6. The summed E-state index contributed by atoms with van der Waals surface area (Å²) in [5, 5.41) is 6.17. The largest absolute Gasteiger partial charge is 0.338 e. The number of fused-ring (bicyclic) bond motifs is 2. The van der Waals surface area contributed by atoms with Crippen LogP contribution in [0.5, 0.6) is 0 Å². The van der Waals surface area contributed by atoms with Gasteiger partial charge in [-0.3, -0.25) is 14.6 Å². The van der Waals surface area contributed by atoms with Crippen LogP contribution < -0.4 is 15.5 Å². The zero-order valence-electron chi connectivity index (χ0n) is 20.2. The van der Waals surface area contributed by atoms with Crippen molar-refractivity contribution in [3.8, 4) is 11.1 Å². The van der Waals surface area contributed by atoms with Crippen molar-refractivity contribution in [3.05, 3.63) is 126 Å². The number of nitrogens with zero attached hydrogens (tertiary/aromatic N) is 4. The second kappa shape index (κ2) is 9.94. The summed E-state index contributed by atoms with van der Waals surface area (Å²) in [6.07, 6.45) is 6.55. The molecule has 0 saturated carbocycles. The molecular weight excluding hydrogens is 476 g/mol. The van der Waals surface area contributed by atoms with E-state index in [4.69, 9.17) is 0 Å². The van der Waals surface area contributed by atoms with Gasteiger partial charge in [-0.25, -0.2) is 9.97 Å². The van der Waals surface area contributed by atoms with Crippen LogP contribution in [0.2, 0.25) is 0 Å². The van der Waals surface area contributed by atoms with Crippen LogP contribution in [0.4, 0.5) is 23.0 Å². The summed E-state index contributed by atoms with van der Waals surface area (Å²) < 4.78 is 0. The number of rotatable bonds is 4. The first-order chi connectivity index (χ1) is 18.7. The average Bonchev–Trinajstić information content (AvgIpc) is 3.14. The Balaban J connectivity index is 1.24. The van der Waals surface area contributed by atoms with E-state index in [1.54, 1.807) is 47.8 Å². The van der Waals surface area contributed by atoms with E-state index in [1.807, 2.05) is 60.7 Å². The highest BCUT2D eigenvalue weighted by molar-refractivity contribution is 6.09. The van der Waals surface area contributed by atoms with Gasteiger partial charge in [-0.1, -0.05) is 36.4 Å². The van der Waals surface area contributed by atoms with E-state index in [-0.39, 0.29) is 11.8 Å². The first-order valence-corrected chi connectivity index (χ1v) is 12.1. The lowest BCUT2D eigenvalue weighted by atomic mass is 10.0. The number of benzene rings is 2. The van der Waals surface area contributed by atoms with Gasteiger partial charge in [0.1, 0.15) is 5.82 Å². The Hall–Kier alpha value is -5.37. The van der Waals surface area contributed by atoms with E-state index in [2.05, 4.69) is 25.6 Å².